The molecule has 15 heteroatoms. The molecule has 0 bridgehead atoms. The van der Waals surface area contributed by atoms with Crippen molar-refractivity contribution in [3.8, 4) is 0 Å². The van der Waals surface area contributed by atoms with Crippen LogP contribution in [0.2, 0.25) is 0 Å². The monoisotopic (exact) mass is 581 g/mol. The first-order chi connectivity index (χ1) is 18.9. The van der Waals surface area contributed by atoms with E-state index in [1.54, 1.807) is 0 Å². The number of nitrogens with one attached hydrogen (secondary N) is 3. The first-order valence-electron chi connectivity index (χ1n) is 11.5. The molecule has 0 aliphatic heterocycles. The summed E-state index contributed by atoms with van der Waals surface area (Å²) in [7, 11) is 0. The van der Waals surface area contributed by atoms with Crippen molar-refractivity contribution in [1.82, 2.24) is 25.1 Å². The number of aryl methyl sites for hydroxylation is 1. The van der Waals surface area contributed by atoms with Gasteiger partial charge in [0.2, 0.25) is 5.91 Å². The molecular weight excluding hydrogens is 563 g/mol. The predicted molar refractivity (Wildman–Crippen MR) is 149 cm³/mol. The minimum absolute atomic E-state index is 0.00863. The van der Waals surface area contributed by atoms with E-state index in [9.17, 15) is 19.2 Å². The van der Waals surface area contributed by atoms with Crippen LogP contribution in [0, 0.1) is 0 Å². The first-order valence-corrected chi connectivity index (χ1v) is 14.1. The van der Waals surface area contributed by atoms with Crippen LogP contribution in [-0.2, 0) is 25.5 Å². The number of thiazole rings is 2. The minimum atomic E-state index is -0.666. The molecule has 198 valence electrons. The number of benzene rings is 2. The molecule has 0 radical (unpaired) electrons. The van der Waals surface area contributed by atoms with Crippen LogP contribution in [0.3, 0.4) is 0 Å². The number of thioether (sulfide) groups is 1. The summed E-state index contributed by atoms with van der Waals surface area (Å²) in [4.78, 5) is 59.9. The van der Waals surface area contributed by atoms with E-state index in [4.69, 9.17) is 4.74 Å². The molecule has 0 fully saturated rings. The van der Waals surface area contributed by atoms with Gasteiger partial charge in [0.05, 0.1) is 32.6 Å². The molecule has 5 rings (SSSR count). The Morgan fingerprint density at radius 3 is 2.10 bits per heavy atom. The third-order valence-electron chi connectivity index (χ3n) is 5.09. The number of esters is 1. The number of anilines is 2. The highest BCUT2D eigenvalue weighted by atomic mass is 32.2. The molecule has 0 aliphatic carbocycles. The van der Waals surface area contributed by atoms with Crippen LogP contribution in [0.5, 0.6) is 0 Å². The Hall–Kier alpha value is -4.21. The predicted octanol–water partition coefficient (Wildman–Crippen LogP) is 3.23. The fourth-order valence-corrected chi connectivity index (χ4v) is 5.68. The number of aromatic nitrogens is 5. The Bertz CT molecular complexity index is 1670. The molecule has 2 aromatic carbocycles. The van der Waals surface area contributed by atoms with Gasteiger partial charge in [0.15, 0.2) is 22.0 Å². The van der Waals surface area contributed by atoms with Gasteiger partial charge in [0.25, 0.3) is 11.5 Å². The average Bonchev–Trinajstić information content (AvgIpc) is 3.53. The second kappa shape index (κ2) is 12.1. The van der Waals surface area contributed by atoms with Gasteiger partial charge in [0, 0.05) is 6.42 Å². The number of carbonyl (C=O) groups is 3. The molecule has 5 aromatic rings. The zero-order valence-electron chi connectivity index (χ0n) is 20.0. The molecule has 2 amide bonds. The molecule has 0 spiro atoms. The van der Waals surface area contributed by atoms with Crippen molar-refractivity contribution in [2.45, 2.75) is 18.0 Å². The van der Waals surface area contributed by atoms with E-state index in [2.05, 4.69) is 35.8 Å². The van der Waals surface area contributed by atoms with E-state index < -0.39 is 24.0 Å². The largest absolute Gasteiger partial charge is 0.456 e. The summed E-state index contributed by atoms with van der Waals surface area (Å²) in [6, 6.07) is 15.0. The highest BCUT2D eigenvalue weighted by Gasteiger charge is 2.14. The Balaban J connectivity index is 1.04. The lowest BCUT2D eigenvalue weighted by Crippen LogP contribution is -2.22. The van der Waals surface area contributed by atoms with E-state index in [-0.39, 0.29) is 35.4 Å². The fraction of sp³-hybridized carbons (Fsp3) is 0.167. The van der Waals surface area contributed by atoms with E-state index in [0.717, 1.165) is 32.2 Å². The summed E-state index contributed by atoms with van der Waals surface area (Å²) in [6.07, 6.45) is -0.188. The van der Waals surface area contributed by atoms with Crippen molar-refractivity contribution in [2.24, 2.45) is 0 Å². The average molecular weight is 582 g/mol. The number of carbonyl (C=O) groups excluding carboxylic acids is 3. The smallest absolute Gasteiger partial charge is 0.306 e. The number of rotatable bonds is 10. The van der Waals surface area contributed by atoms with Gasteiger partial charge in [-0.25, -0.2) is 9.97 Å². The summed E-state index contributed by atoms with van der Waals surface area (Å²) >= 11 is 3.69. The molecule has 0 saturated heterocycles. The Morgan fingerprint density at radius 2 is 1.49 bits per heavy atom. The van der Waals surface area contributed by atoms with Crippen LogP contribution in [0.1, 0.15) is 12.1 Å². The Morgan fingerprint density at radius 1 is 0.872 bits per heavy atom. The zero-order valence-corrected chi connectivity index (χ0v) is 22.5. The molecule has 0 atom stereocenters. The number of nitrogens with zero attached hydrogens (tertiary/aromatic N) is 4. The number of fused-ring (bicyclic) bond motifs is 2. The summed E-state index contributed by atoms with van der Waals surface area (Å²) in [6.45, 7) is -0.481. The molecule has 3 heterocycles. The standard InChI is InChI=1S/C24H19N7O5S3/c32-18(27-22-25-13-5-1-3-7-16(13)38-22)11-36-20(34)10-9-15-21(35)29-24(31-30-15)37-12-19(33)28-23-26-14-6-2-4-8-17(14)39-23/h1-8H,9-12H2,(H,25,27,32)(H,26,28,33)(H,29,31,35). The molecule has 39 heavy (non-hydrogen) atoms. The zero-order chi connectivity index (χ0) is 27.2. The van der Waals surface area contributed by atoms with Crippen molar-refractivity contribution in [3.05, 3.63) is 64.6 Å². The third-order valence-corrected chi connectivity index (χ3v) is 7.86. The van der Waals surface area contributed by atoms with Gasteiger partial charge in [-0.2, -0.15) is 0 Å². The van der Waals surface area contributed by atoms with E-state index in [0.29, 0.717) is 10.3 Å². The summed E-state index contributed by atoms with van der Waals surface area (Å²) < 4.78 is 6.87. The number of para-hydroxylation sites is 2. The van der Waals surface area contributed by atoms with Gasteiger partial charge >= 0.3 is 5.97 Å². The maximum absolute atomic E-state index is 12.3. The van der Waals surface area contributed by atoms with Crippen molar-refractivity contribution in [2.75, 3.05) is 23.0 Å². The van der Waals surface area contributed by atoms with Crippen LogP contribution in [0.25, 0.3) is 20.4 Å². The first kappa shape index (κ1) is 26.4. The highest BCUT2D eigenvalue weighted by Crippen LogP contribution is 2.26. The van der Waals surface area contributed by atoms with E-state index >= 15 is 0 Å². The van der Waals surface area contributed by atoms with Crippen LogP contribution in [0.4, 0.5) is 10.3 Å². The summed E-state index contributed by atoms with van der Waals surface area (Å²) in [5.41, 5.74) is 1.07. The van der Waals surface area contributed by atoms with Crippen molar-refractivity contribution in [3.63, 3.8) is 0 Å². The van der Waals surface area contributed by atoms with E-state index in [1.165, 1.54) is 22.7 Å². The fourth-order valence-electron chi connectivity index (χ4n) is 3.31. The number of aromatic amines is 1. The van der Waals surface area contributed by atoms with Crippen molar-refractivity contribution >= 4 is 82.9 Å². The van der Waals surface area contributed by atoms with Gasteiger partial charge in [-0.15, -0.1) is 10.2 Å². The molecule has 0 unspecified atom stereocenters. The third kappa shape index (κ3) is 7.01. The lowest BCUT2D eigenvalue weighted by molar-refractivity contribution is -0.147. The number of hydrogen-bond donors (Lipinski definition) is 3. The quantitative estimate of drug-likeness (QED) is 0.164. The van der Waals surface area contributed by atoms with E-state index in [1.807, 2.05) is 48.5 Å². The van der Waals surface area contributed by atoms with Crippen LogP contribution in [-0.4, -0.2) is 55.3 Å². The molecule has 0 saturated carbocycles. The Labute approximate surface area is 232 Å². The Kier molecular flexibility index (Phi) is 8.19. The lowest BCUT2D eigenvalue weighted by Gasteiger charge is -2.05. The molecule has 3 aromatic heterocycles. The summed E-state index contributed by atoms with van der Waals surface area (Å²) in [5, 5.41) is 14.2. The van der Waals surface area contributed by atoms with Crippen molar-refractivity contribution < 1.29 is 19.1 Å². The maximum atomic E-state index is 12.3. The molecule has 12 nitrogen and oxygen atoms in total. The topological polar surface area (TPSA) is 169 Å². The number of amides is 2. The van der Waals surface area contributed by atoms with Crippen molar-refractivity contribution in [1.29, 1.82) is 0 Å². The highest BCUT2D eigenvalue weighted by molar-refractivity contribution is 7.99. The van der Waals surface area contributed by atoms with Crippen LogP contribution in [0.15, 0.2) is 58.5 Å². The van der Waals surface area contributed by atoms with Crippen LogP contribution < -0.4 is 16.2 Å². The second-order valence-electron chi connectivity index (χ2n) is 7.93. The maximum Gasteiger partial charge on any atom is 0.306 e. The number of H-pyrrole nitrogens is 1. The lowest BCUT2D eigenvalue weighted by atomic mass is 10.2. The second-order valence-corrected chi connectivity index (χ2v) is 11.0. The molecule has 3 N–H and O–H groups in total. The number of hydrogen-bond acceptors (Lipinski definition) is 12. The van der Waals surface area contributed by atoms with Gasteiger partial charge in [0.1, 0.15) is 5.69 Å². The SMILES string of the molecule is O=C(COC(=O)CCc1nnc(SCC(=O)Nc2nc3ccccc3s2)[nH]c1=O)Nc1nc2ccccc2s1. The minimum Gasteiger partial charge on any atom is -0.456 e. The van der Waals surface area contributed by atoms with Gasteiger partial charge in [-0.1, -0.05) is 58.7 Å². The molecular formula is C24H19N7O5S3. The normalized spacial score (nSPS) is 11.0. The van der Waals surface area contributed by atoms with Gasteiger partial charge in [-0.3, -0.25) is 29.5 Å². The van der Waals surface area contributed by atoms with Gasteiger partial charge < -0.3 is 10.1 Å². The number of ether oxygens (including phenoxy) is 1. The van der Waals surface area contributed by atoms with Gasteiger partial charge in [-0.05, 0) is 24.3 Å². The van der Waals surface area contributed by atoms with Crippen LogP contribution >= 0.6 is 34.4 Å². The summed E-state index contributed by atoms with van der Waals surface area (Å²) in [5.74, 6) is -1.50. The molecule has 0 aliphatic rings.